The van der Waals surface area contributed by atoms with Crippen LogP contribution in [0.1, 0.15) is 24.9 Å². The van der Waals surface area contributed by atoms with Gasteiger partial charge in [-0.2, -0.15) is 0 Å². The maximum absolute atomic E-state index is 11.5. The Morgan fingerprint density at radius 1 is 1.35 bits per heavy atom. The Hall–Kier alpha value is -1.55. The van der Waals surface area contributed by atoms with E-state index in [1.807, 2.05) is 24.3 Å². The van der Waals surface area contributed by atoms with Crippen LogP contribution >= 0.6 is 0 Å². The third kappa shape index (κ3) is 4.07. The molecule has 0 fully saturated rings. The number of benzene rings is 1. The lowest BCUT2D eigenvalue weighted by Gasteiger charge is -2.17. The van der Waals surface area contributed by atoms with E-state index in [0.717, 1.165) is 17.7 Å². The first-order valence-electron chi connectivity index (χ1n) is 5.79. The summed E-state index contributed by atoms with van der Waals surface area (Å²) in [7, 11) is 3.40. The molecule has 0 aliphatic carbocycles. The van der Waals surface area contributed by atoms with E-state index in [1.54, 1.807) is 14.2 Å². The van der Waals surface area contributed by atoms with Gasteiger partial charge < -0.3 is 15.4 Å². The monoisotopic (exact) mass is 236 g/mol. The summed E-state index contributed by atoms with van der Waals surface area (Å²) in [5, 5.41) is 5.81. The molecule has 17 heavy (non-hydrogen) atoms. The fourth-order valence-electron chi connectivity index (χ4n) is 1.66. The average Bonchev–Trinajstić information content (AvgIpc) is 2.36. The molecule has 0 saturated heterocycles. The number of carbonyl (C=O) groups excluding carboxylic acids is 1. The summed E-state index contributed by atoms with van der Waals surface area (Å²) < 4.78 is 5.10. The van der Waals surface area contributed by atoms with Crippen LogP contribution in [0.15, 0.2) is 24.3 Å². The number of likely N-dealkylation sites (N-methyl/N-ethyl adjacent to an activating group) is 1. The zero-order chi connectivity index (χ0) is 12.7. The van der Waals surface area contributed by atoms with E-state index in [0.29, 0.717) is 6.54 Å². The molecule has 94 valence electrons. The van der Waals surface area contributed by atoms with Crippen LogP contribution in [0.2, 0.25) is 0 Å². The second-order valence-corrected chi connectivity index (χ2v) is 3.83. The maximum atomic E-state index is 11.5. The topological polar surface area (TPSA) is 50.4 Å². The van der Waals surface area contributed by atoms with Crippen molar-refractivity contribution in [2.75, 3.05) is 20.7 Å². The Labute approximate surface area is 102 Å². The van der Waals surface area contributed by atoms with Gasteiger partial charge >= 0.3 is 0 Å². The molecule has 0 spiro atoms. The first-order valence-corrected chi connectivity index (χ1v) is 5.79. The standard InChI is InChI=1S/C13H20N2O2/c1-4-12(15-13(16)9-14-2)10-5-7-11(17-3)8-6-10/h5-8,12,14H,4,9H2,1-3H3,(H,15,16). The van der Waals surface area contributed by atoms with Crippen LogP contribution < -0.4 is 15.4 Å². The second-order valence-electron chi connectivity index (χ2n) is 3.83. The lowest BCUT2D eigenvalue weighted by Crippen LogP contribution is -2.34. The molecule has 1 aromatic rings. The second kappa shape index (κ2) is 6.91. The molecule has 0 bridgehead atoms. The Bertz CT molecular complexity index is 349. The van der Waals surface area contributed by atoms with Gasteiger partial charge in [-0.05, 0) is 31.2 Å². The van der Waals surface area contributed by atoms with E-state index in [-0.39, 0.29) is 11.9 Å². The molecule has 0 aromatic heterocycles. The van der Waals surface area contributed by atoms with E-state index in [1.165, 1.54) is 0 Å². The molecule has 1 amide bonds. The van der Waals surface area contributed by atoms with Gasteiger partial charge in [-0.3, -0.25) is 4.79 Å². The van der Waals surface area contributed by atoms with Crippen LogP contribution in [0.3, 0.4) is 0 Å². The quantitative estimate of drug-likeness (QED) is 0.786. The first-order chi connectivity index (χ1) is 8.21. The number of hydrogen-bond donors (Lipinski definition) is 2. The summed E-state index contributed by atoms with van der Waals surface area (Å²) in [6, 6.07) is 7.82. The van der Waals surface area contributed by atoms with Crippen molar-refractivity contribution in [1.29, 1.82) is 0 Å². The molecule has 1 unspecified atom stereocenters. The SMILES string of the molecule is CCC(NC(=O)CNC)c1ccc(OC)cc1. The molecule has 4 heteroatoms. The van der Waals surface area contributed by atoms with Gasteiger partial charge in [0.2, 0.25) is 5.91 Å². The highest BCUT2D eigenvalue weighted by Crippen LogP contribution is 2.19. The summed E-state index contributed by atoms with van der Waals surface area (Å²) in [5.74, 6) is 0.834. The maximum Gasteiger partial charge on any atom is 0.234 e. The molecule has 4 nitrogen and oxygen atoms in total. The largest absolute Gasteiger partial charge is 0.497 e. The normalized spacial score (nSPS) is 11.9. The predicted molar refractivity (Wildman–Crippen MR) is 68.1 cm³/mol. The summed E-state index contributed by atoms with van der Waals surface area (Å²) in [6.07, 6.45) is 0.863. The summed E-state index contributed by atoms with van der Waals surface area (Å²) >= 11 is 0. The Morgan fingerprint density at radius 2 is 2.00 bits per heavy atom. The molecule has 1 aromatic carbocycles. The van der Waals surface area contributed by atoms with E-state index in [4.69, 9.17) is 4.74 Å². The molecule has 1 atom stereocenters. The van der Waals surface area contributed by atoms with E-state index < -0.39 is 0 Å². The van der Waals surface area contributed by atoms with Crippen LogP contribution in [0.4, 0.5) is 0 Å². The first kappa shape index (κ1) is 13.5. The van der Waals surface area contributed by atoms with Crippen molar-refractivity contribution in [1.82, 2.24) is 10.6 Å². The molecular formula is C13H20N2O2. The fourth-order valence-corrected chi connectivity index (χ4v) is 1.66. The Balaban J connectivity index is 2.68. The van der Waals surface area contributed by atoms with E-state index in [9.17, 15) is 4.79 Å². The van der Waals surface area contributed by atoms with Gasteiger partial charge in [0.05, 0.1) is 19.7 Å². The van der Waals surface area contributed by atoms with Crippen molar-refractivity contribution in [3.63, 3.8) is 0 Å². The number of amides is 1. The highest BCUT2D eigenvalue weighted by Gasteiger charge is 2.11. The molecule has 0 aliphatic rings. The van der Waals surface area contributed by atoms with E-state index >= 15 is 0 Å². The predicted octanol–water partition coefficient (Wildman–Crippen LogP) is 1.48. The zero-order valence-electron chi connectivity index (χ0n) is 10.6. The highest BCUT2D eigenvalue weighted by atomic mass is 16.5. The minimum absolute atomic E-state index is 0.00941. The number of nitrogens with one attached hydrogen (secondary N) is 2. The van der Waals surface area contributed by atoms with Crippen LogP contribution in [0.5, 0.6) is 5.75 Å². The minimum Gasteiger partial charge on any atom is -0.497 e. The van der Waals surface area contributed by atoms with Crippen LogP contribution in [-0.4, -0.2) is 26.6 Å². The van der Waals surface area contributed by atoms with Crippen LogP contribution in [0, 0.1) is 0 Å². The lowest BCUT2D eigenvalue weighted by atomic mass is 10.0. The summed E-state index contributed by atoms with van der Waals surface area (Å²) in [5.41, 5.74) is 1.10. The zero-order valence-corrected chi connectivity index (χ0v) is 10.6. The third-order valence-corrected chi connectivity index (χ3v) is 2.60. The van der Waals surface area contributed by atoms with Crippen molar-refractivity contribution >= 4 is 5.91 Å². The van der Waals surface area contributed by atoms with Crippen molar-refractivity contribution in [2.45, 2.75) is 19.4 Å². The van der Waals surface area contributed by atoms with Gasteiger partial charge in [0.1, 0.15) is 5.75 Å². The van der Waals surface area contributed by atoms with E-state index in [2.05, 4.69) is 17.6 Å². The van der Waals surface area contributed by atoms with Crippen molar-refractivity contribution < 1.29 is 9.53 Å². The molecule has 1 rings (SSSR count). The third-order valence-electron chi connectivity index (χ3n) is 2.60. The van der Waals surface area contributed by atoms with Gasteiger partial charge in [0.15, 0.2) is 0 Å². The Kier molecular flexibility index (Phi) is 5.49. The van der Waals surface area contributed by atoms with Crippen molar-refractivity contribution in [2.24, 2.45) is 0 Å². The molecule has 0 saturated carbocycles. The fraction of sp³-hybridized carbons (Fsp3) is 0.462. The smallest absolute Gasteiger partial charge is 0.234 e. The van der Waals surface area contributed by atoms with Crippen LogP contribution in [-0.2, 0) is 4.79 Å². The lowest BCUT2D eigenvalue weighted by molar-refractivity contribution is -0.120. The number of methoxy groups -OCH3 is 1. The van der Waals surface area contributed by atoms with Gasteiger partial charge in [0, 0.05) is 0 Å². The van der Waals surface area contributed by atoms with Crippen LogP contribution in [0.25, 0.3) is 0 Å². The highest BCUT2D eigenvalue weighted by molar-refractivity contribution is 5.78. The molecular weight excluding hydrogens is 216 g/mol. The number of carbonyl (C=O) groups is 1. The molecule has 0 aliphatic heterocycles. The van der Waals surface area contributed by atoms with Gasteiger partial charge in [-0.1, -0.05) is 19.1 Å². The molecule has 0 radical (unpaired) electrons. The minimum atomic E-state index is 0.00941. The average molecular weight is 236 g/mol. The van der Waals surface area contributed by atoms with Crippen molar-refractivity contribution in [3.05, 3.63) is 29.8 Å². The number of ether oxygens (including phenoxy) is 1. The summed E-state index contributed by atoms with van der Waals surface area (Å²) in [6.45, 7) is 2.39. The van der Waals surface area contributed by atoms with Gasteiger partial charge in [-0.25, -0.2) is 0 Å². The molecule has 0 heterocycles. The number of hydrogen-bond acceptors (Lipinski definition) is 3. The Morgan fingerprint density at radius 3 is 2.47 bits per heavy atom. The van der Waals surface area contributed by atoms with Crippen molar-refractivity contribution in [3.8, 4) is 5.75 Å². The number of rotatable bonds is 6. The summed E-state index contributed by atoms with van der Waals surface area (Å²) in [4.78, 5) is 11.5. The molecule has 2 N–H and O–H groups in total. The van der Waals surface area contributed by atoms with Gasteiger partial charge in [-0.15, -0.1) is 0 Å². The van der Waals surface area contributed by atoms with Gasteiger partial charge in [0.25, 0.3) is 0 Å².